The van der Waals surface area contributed by atoms with Crippen LogP contribution in [0.15, 0.2) is 24.5 Å². The second-order valence-electron chi connectivity index (χ2n) is 6.37. The van der Waals surface area contributed by atoms with Crippen molar-refractivity contribution in [3.63, 3.8) is 0 Å². The summed E-state index contributed by atoms with van der Waals surface area (Å²) in [7, 11) is 1.84. The Morgan fingerprint density at radius 2 is 2.04 bits per heavy atom. The third kappa shape index (κ3) is 3.52. The van der Waals surface area contributed by atoms with E-state index >= 15 is 0 Å². The minimum Gasteiger partial charge on any atom is -0.325 e. The van der Waals surface area contributed by atoms with Gasteiger partial charge in [-0.05, 0) is 43.4 Å². The van der Waals surface area contributed by atoms with Crippen LogP contribution >= 0.6 is 0 Å². The molecule has 1 N–H and O–H groups in total. The average Bonchev–Trinajstić information content (AvgIpc) is 2.96. The summed E-state index contributed by atoms with van der Waals surface area (Å²) < 4.78 is 1.68. The van der Waals surface area contributed by atoms with Gasteiger partial charge in [0.1, 0.15) is 6.33 Å². The molecule has 0 bridgehead atoms. The molecule has 1 saturated heterocycles. The Morgan fingerprint density at radius 1 is 1.30 bits per heavy atom. The molecule has 0 saturated carbocycles. The molecule has 2 heterocycles. The molecule has 1 aliphatic rings. The van der Waals surface area contributed by atoms with Crippen molar-refractivity contribution in [1.29, 1.82) is 0 Å². The van der Waals surface area contributed by atoms with Gasteiger partial charge in [-0.25, -0.2) is 9.78 Å². The van der Waals surface area contributed by atoms with Crippen LogP contribution in [0.3, 0.4) is 0 Å². The fourth-order valence-electron chi connectivity index (χ4n) is 2.82. The number of carbonyl (C=O) groups excluding carboxylic acids is 1. The Hall–Kier alpha value is -2.37. The minimum atomic E-state index is -0.0271. The fourth-order valence-corrected chi connectivity index (χ4v) is 2.82. The summed E-state index contributed by atoms with van der Waals surface area (Å²) in [5.41, 5.74) is 2.80. The molecule has 23 heavy (non-hydrogen) atoms. The lowest BCUT2D eigenvalue weighted by molar-refractivity contribution is 0.186. The van der Waals surface area contributed by atoms with Gasteiger partial charge in [-0.15, -0.1) is 0 Å². The predicted molar refractivity (Wildman–Crippen MR) is 90.2 cm³/mol. The highest BCUT2D eigenvalue weighted by Gasteiger charge is 2.20. The number of amides is 2. The summed E-state index contributed by atoms with van der Waals surface area (Å²) in [4.78, 5) is 18.6. The molecular weight excluding hydrogens is 290 g/mol. The van der Waals surface area contributed by atoms with E-state index in [1.54, 1.807) is 11.0 Å². The zero-order valence-corrected chi connectivity index (χ0v) is 13.9. The molecular formula is C17H23N5O. The van der Waals surface area contributed by atoms with Crippen molar-refractivity contribution in [2.24, 2.45) is 13.0 Å². The number of rotatable bonds is 2. The zero-order chi connectivity index (χ0) is 16.4. The van der Waals surface area contributed by atoms with Gasteiger partial charge in [0, 0.05) is 31.4 Å². The van der Waals surface area contributed by atoms with Crippen molar-refractivity contribution in [2.45, 2.75) is 26.7 Å². The molecule has 1 aromatic heterocycles. The van der Waals surface area contributed by atoms with Crippen LogP contribution in [0.1, 0.15) is 25.3 Å². The summed E-state index contributed by atoms with van der Waals surface area (Å²) in [6.45, 7) is 5.91. The predicted octanol–water partition coefficient (Wildman–Crippen LogP) is 3.05. The number of nitrogens with zero attached hydrogens (tertiary/aromatic N) is 4. The number of aryl methyl sites for hydroxylation is 2. The van der Waals surface area contributed by atoms with Gasteiger partial charge < -0.3 is 10.2 Å². The number of carbonyl (C=O) groups is 1. The average molecular weight is 313 g/mol. The summed E-state index contributed by atoms with van der Waals surface area (Å²) in [6.07, 6.45) is 3.82. The van der Waals surface area contributed by atoms with Crippen molar-refractivity contribution in [2.75, 3.05) is 18.4 Å². The van der Waals surface area contributed by atoms with Crippen LogP contribution in [0.4, 0.5) is 10.5 Å². The molecule has 2 amide bonds. The van der Waals surface area contributed by atoms with Crippen LogP contribution in [-0.4, -0.2) is 38.8 Å². The molecule has 0 spiro atoms. The van der Waals surface area contributed by atoms with E-state index in [1.165, 1.54) is 0 Å². The Bertz CT molecular complexity index is 701. The van der Waals surface area contributed by atoms with E-state index in [4.69, 9.17) is 0 Å². The number of likely N-dealkylation sites (tertiary alicyclic amines) is 1. The summed E-state index contributed by atoms with van der Waals surface area (Å²) >= 11 is 0. The van der Waals surface area contributed by atoms with Crippen molar-refractivity contribution in [1.82, 2.24) is 19.7 Å². The Morgan fingerprint density at radius 3 is 2.70 bits per heavy atom. The highest BCUT2D eigenvalue weighted by atomic mass is 16.2. The van der Waals surface area contributed by atoms with E-state index in [9.17, 15) is 4.79 Å². The van der Waals surface area contributed by atoms with Gasteiger partial charge in [-0.3, -0.25) is 4.68 Å². The molecule has 122 valence electrons. The third-order valence-electron chi connectivity index (χ3n) is 4.40. The van der Waals surface area contributed by atoms with Crippen molar-refractivity contribution in [3.05, 3.63) is 30.1 Å². The van der Waals surface area contributed by atoms with Crippen LogP contribution in [0.2, 0.25) is 0 Å². The first-order chi connectivity index (χ1) is 11.0. The minimum absolute atomic E-state index is 0.0271. The van der Waals surface area contributed by atoms with Crippen LogP contribution in [0, 0.1) is 12.8 Å². The molecule has 6 heteroatoms. The molecule has 6 nitrogen and oxygen atoms in total. The van der Waals surface area contributed by atoms with Gasteiger partial charge in [0.2, 0.25) is 0 Å². The molecule has 2 aromatic rings. The highest BCUT2D eigenvalue weighted by Crippen LogP contribution is 2.24. The number of piperidine rings is 1. The topological polar surface area (TPSA) is 63.1 Å². The number of benzene rings is 1. The van der Waals surface area contributed by atoms with Gasteiger partial charge >= 0.3 is 6.03 Å². The lowest BCUT2D eigenvalue weighted by Gasteiger charge is -2.30. The van der Waals surface area contributed by atoms with Gasteiger partial charge in [-0.1, -0.05) is 13.0 Å². The first-order valence-electron chi connectivity index (χ1n) is 8.05. The highest BCUT2D eigenvalue weighted by molar-refractivity contribution is 5.90. The number of anilines is 1. The second-order valence-corrected chi connectivity index (χ2v) is 6.37. The van der Waals surface area contributed by atoms with E-state index in [1.807, 2.05) is 37.1 Å². The summed E-state index contributed by atoms with van der Waals surface area (Å²) in [6, 6.07) is 5.82. The molecule has 0 unspecified atom stereocenters. The maximum atomic E-state index is 12.4. The van der Waals surface area contributed by atoms with E-state index in [2.05, 4.69) is 22.3 Å². The molecule has 0 radical (unpaired) electrons. The molecule has 0 atom stereocenters. The standard InChI is InChI=1S/C17H23N5O/c1-12-6-8-22(9-7-12)17(23)19-14-5-4-13(2)15(10-14)16-18-11-21(3)20-16/h4-5,10-12H,6-9H2,1-3H3,(H,19,23). The van der Waals surface area contributed by atoms with Crippen LogP contribution < -0.4 is 5.32 Å². The smallest absolute Gasteiger partial charge is 0.321 e. The van der Waals surface area contributed by atoms with Gasteiger partial charge in [0.25, 0.3) is 0 Å². The number of aromatic nitrogens is 3. The van der Waals surface area contributed by atoms with Crippen LogP contribution in [0.25, 0.3) is 11.4 Å². The van der Waals surface area contributed by atoms with Gasteiger partial charge in [0.05, 0.1) is 0 Å². The van der Waals surface area contributed by atoms with Crippen molar-refractivity contribution >= 4 is 11.7 Å². The fraction of sp³-hybridized carbons (Fsp3) is 0.471. The quantitative estimate of drug-likeness (QED) is 0.927. The maximum absolute atomic E-state index is 12.4. The molecule has 3 rings (SSSR count). The number of nitrogens with one attached hydrogen (secondary N) is 1. The Kier molecular flexibility index (Phi) is 4.32. The molecule has 0 aliphatic carbocycles. The molecule has 1 aliphatic heterocycles. The molecule has 1 aromatic carbocycles. The lowest BCUT2D eigenvalue weighted by Crippen LogP contribution is -2.40. The van der Waals surface area contributed by atoms with Crippen LogP contribution in [0.5, 0.6) is 0 Å². The van der Waals surface area contributed by atoms with Gasteiger partial charge in [0.15, 0.2) is 5.82 Å². The Labute approximate surface area is 136 Å². The normalized spacial score (nSPS) is 15.7. The maximum Gasteiger partial charge on any atom is 0.321 e. The molecule has 1 fully saturated rings. The van der Waals surface area contributed by atoms with E-state index < -0.39 is 0 Å². The Balaban J connectivity index is 1.74. The number of hydrogen-bond acceptors (Lipinski definition) is 3. The van der Waals surface area contributed by atoms with Crippen molar-refractivity contribution < 1.29 is 4.79 Å². The summed E-state index contributed by atoms with van der Waals surface area (Å²) in [5.74, 6) is 1.38. The van der Waals surface area contributed by atoms with Crippen LogP contribution in [-0.2, 0) is 7.05 Å². The second kappa shape index (κ2) is 6.40. The largest absolute Gasteiger partial charge is 0.325 e. The summed E-state index contributed by atoms with van der Waals surface area (Å²) in [5, 5.41) is 7.34. The number of urea groups is 1. The first-order valence-corrected chi connectivity index (χ1v) is 8.05. The lowest BCUT2D eigenvalue weighted by atomic mass is 10.00. The van der Waals surface area contributed by atoms with Crippen molar-refractivity contribution in [3.8, 4) is 11.4 Å². The van der Waals surface area contributed by atoms with E-state index in [0.29, 0.717) is 11.7 Å². The zero-order valence-electron chi connectivity index (χ0n) is 13.9. The third-order valence-corrected chi connectivity index (χ3v) is 4.40. The van der Waals surface area contributed by atoms with E-state index in [-0.39, 0.29) is 6.03 Å². The van der Waals surface area contributed by atoms with E-state index in [0.717, 1.165) is 42.7 Å². The first kappa shape index (κ1) is 15.5. The van der Waals surface area contributed by atoms with Gasteiger partial charge in [-0.2, -0.15) is 5.10 Å². The number of hydrogen-bond donors (Lipinski definition) is 1. The SMILES string of the molecule is Cc1ccc(NC(=O)N2CCC(C)CC2)cc1-c1ncn(C)n1. The monoisotopic (exact) mass is 313 g/mol.